The number of hydrogen-bond donors (Lipinski definition) is 1. The number of aromatic amines is 1. The Morgan fingerprint density at radius 1 is 1.30 bits per heavy atom. The molecule has 0 saturated carbocycles. The quantitative estimate of drug-likeness (QED) is 0.678. The van der Waals surface area contributed by atoms with Crippen molar-refractivity contribution in [1.29, 1.82) is 0 Å². The Morgan fingerprint density at radius 2 is 2.00 bits per heavy atom. The van der Waals surface area contributed by atoms with Gasteiger partial charge in [0.1, 0.15) is 6.54 Å². The maximum Gasteiger partial charge on any atom is 0.406 e. The van der Waals surface area contributed by atoms with E-state index in [1.54, 1.807) is 12.3 Å². The van der Waals surface area contributed by atoms with E-state index in [1.807, 2.05) is 0 Å². The highest BCUT2D eigenvalue weighted by molar-refractivity contribution is 5.98. The molecule has 0 saturated heterocycles. The largest absolute Gasteiger partial charge is 0.454 e. The molecule has 0 aromatic carbocycles. The fraction of sp³-hybridized carbons (Fsp3) is 0.333. The fourth-order valence-corrected chi connectivity index (χ4v) is 2.22. The van der Waals surface area contributed by atoms with Crippen LogP contribution in [0.3, 0.4) is 0 Å². The molecule has 2 aromatic heterocycles. The van der Waals surface area contributed by atoms with Crippen LogP contribution in [0, 0.1) is 13.8 Å². The molecule has 0 aliphatic rings. The zero-order chi connectivity index (χ0) is 17.2. The number of nitrogens with one attached hydrogen (secondary N) is 1. The predicted octanol–water partition coefficient (Wildman–Crippen LogP) is 3.04. The number of rotatable bonds is 5. The van der Waals surface area contributed by atoms with Crippen LogP contribution < -0.4 is 0 Å². The van der Waals surface area contributed by atoms with E-state index < -0.39 is 31.1 Å². The number of carbonyl (C=O) groups is 2. The van der Waals surface area contributed by atoms with Crippen molar-refractivity contribution >= 4 is 11.8 Å². The van der Waals surface area contributed by atoms with Crippen LogP contribution in [0.2, 0.25) is 0 Å². The predicted molar refractivity (Wildman–Crippen MR) is 75.4 cm³/mol. The van der Waals surface area contributed by atoms with Crippen LogP contribution in [0.15, 0.2) is 24.4 Å². The van der Waals surface area contributed by atoms with Crippen LogP contribution in [0.25, 0.3) is 0 Å². The molecule has 124 valence electrons. The van der Waals surface area contributed by atoms with Gasteiger partial charge in [-0.25, -0.2) is 4.79 Å². The van der Waals surface area contributed by atoms with E-state index in [4.69, 9.17) is 4.74 Å². The maximum atomic E-state index is 12.5. The third-order valence-electron chi connectivity index (χ3n) is 3.36. The summed E-state index contributed by atoms with van der Waals surface area (Å²) in [5.74, 6) is -1.25. The summed E-state index contributed by atoms with van der Waals surface area (Å²) in [6.07, 6.45) is -2.83. The number of aryl methyl sites for hydroxylation is 1. The summed E-state index contributed by atoms with van der Waals surface area (Å²) >= 11 is 0. The van der Waals surface area contributed by atoms with Crippen molar-refractivity contribution in [3.05, 3.63) is 47.0 Å². The van der Waals surface area contributed by atoms with Crippen LogP contribution in [-0.4, -0.2) is 34.1 Å². The molecule has 0 unspecified atom stereocenters. The number of ketones is 1. The number of carbonyl (C=O) groups excluding carboxylic acids is 2. The van der Waals surface area contributed by atoms with Gasteiger partial charge >= 0.3 is 12.1 Å². The molecule has 0 bridgehead atoms. The SMILES string of the molecule is Cc1cc(C(=O)OCC(=O)c2ccc[nH]2)c(C)n1CC(F)(F)F. The topological polar surface area (TPSA) is 64.1 Å². The van der Waals surface area contributed by atoms with Gasteiger partial charge in [0, 0.05) is 17.6 Å². The maximum absolute atomic E-state index is 12.5. The number of halogens is 3. The molecule has 0 spiro atoms. The van der Waals surface area contributed by atoms with Crippen molar-refractivity contribution in [2.75, 3.05) is 6.61 Å². The molecule has 2 rings (SSSR count). The molecule has 2 aromatic rings. The number of aromatic nitrogens is 2. The first-order valence-corrected chi connectivity index (χ1v) is 6.76. The van der Waals surface area contributed by atoms with Gasteiger partial charge < -0.3 is 14.3 Å². The summed E-state index contributed by atoms with van der Waals surface area (Å²) in [6, 6.07) is 4.48. The zero-order valence-corrected chi connectivity index (χ0v) is 12.5. The van der Waals surface area contributed by atoms with Crippen molar-refractivity contribution in [1.82, 2.24) is 9.55 Å². The molecule has 0 aliphatic carbocycles. The van der Waals surface area contributed by atoms with Gasteiger partial charge in [-0.1, -0.05) is 0 Å². The number of H-pyrrole nitrogens is 1. The normalized spacial score (nSPS) is 11.5. The van der Waals surface area contributed by atoms with Gasteiger partial charge in [-0.2, -0.15) is 13.2 Å². The highest BCUT2D eigenvalue weighted by Crippen LogP contribution is 2.23. The average Bonchev–Trinajstić information content (AvgIpc) is 3.07. The summed E-state index contributed by atoms with van der Waals surface area (Å²) in [6.45, 7) is 1.21. The Labute approximate surface area is 130 Å². The number of nitrogens with zero attached hydrogens (tertiary/aromatic N) is 1. The number of Topliss-reactive ketones (excluding diaryl/α,β-unsaturated/α-hetero) is 1. The van der Waals surface area contributed by atoms with Crippen molar-refractivity contribution < 1.29 is 27.5 Å². The average molecular weight is 328 g/mol. The Bertz CT molecular complexity index is 715. The number of ether oxygens (including phenoxy) is 1. The van der Waals surface area contributed by atoms with Crippen molar-refractivity contribution in [2.45, 2.75) is 26.6 Å². The molecule has 2 heterocycles. The van der Waals surface area contributed by atoms with E-state index in [-0.39, 0.29) is 11.3 Å². The van der Waals surface area contributed by atoms with Crippen molar-refractivity contribution in [3.8, 4) is 0 Å². The minimum Gasteiger partial charge on any atom is -0.454 e. The van der Waals surface area contributed by atoms with Gasteiger partial charge in [-0.3, -0.25) is 4.79 Å². The van der Waals surface area contributed by atoms with Crippen LogP contribution in [-0.2, 0) is 11.3 Å². The zero-order valence-electron chi connectivity index (χ0n) is 12.5. The second kappa shape index (κ2) is 6.31. The Kier molecular flexibility index (Phi) is 4.63. The molecular formula is C15H15F3N2O3. The number of hydrogen-bond acceptors (Lipinski definition) is 3. The second-order valence-corrected chi connectivity index (χ2v) is 5.07. The summed E-state index contributed by atoms with van der Waals surface area (Å²) in [5.41, 5.74) is 0.756. The third-order valence-corrected chi connectivity index (χ3v) is 3.36. The molecule has 23 heavy (non-hydrogen) atoms. The summed E-state index contributed by atoms with van der Waals surface area (Å²) in [7, 11) is 0. The molecule has 8 heteroatoms. The van der Waals surface area contributed by atoms with Crippen LogP contribution >= 0.6 is 0 Å². The molecule has 0 radical (unpaired) electrons. The third kappa shape index (κ3) is 4.02. The fourth-order valence-electron chi connectivity index (χ4n) is 2.22. The second-order valence-electron chi connectivity index (χ2n) is 5.07. The Balaban J connectivity index is 2.08. The van der Waals surface area contributed by atoms with Gasteiger partial charge in [0.2, 0.25) is 5.78 Å². The van der Waals surface area contributed by atoms with E-state index in [2.05, 4.69) is 4.98 Å². The molecular weight excluding hydrogens is 313 g/mol. The van der Waals surface area contributed by atoms with E-state index in [9.17, 15) is 22.8 Å². The highest BCUT2D eigenvalue weighted by atomic mass is 19.4. The van der Waals surface area contributed by atoms with Crippen molar-refractivity contribution in [2.24, 2.45) is 0 Å². The lowest BCUT2D eigenvalue weighted by molar-refractivity contribution is -0.141. The van der Waals surface area contributed by atoms with Gasteiger partial charge in [0.25, 0.3) is 0 Å². The van der Waals surface area contributed by atoms with E-state index in [0.29, 0.717) is 11.4 Å². The molecule has 0 atom stereocenters. The monoisotopic (exact) mass is 328 g/mol. The minimum atomic E-state index is -4.39. The highest BCUT2D eigenvalue weighted by Gasteiger charge is 2.30. The van der Waals surface area contributed by atoms with Gasteiger partial charge in [-0.05, 0) is 32.0 Å². The molecule has 1 N–H and O–H groups in total. The lowest BCUT2D eigenvalue weighted by Crippen LogP contribution is -2.20. The van der Waals surface area contributed by atoms with Gasteiger partial charge in [0.05, 0.1) is 11.3 Å². The van der Waals surface area contributed by atoms with Crippen LogP contribution in [0.4, 0.5) is 13.2 Å². The Morgan fingerprint density at radius 3 is 2.57 bits per heavy atom. The van der Waals surface area contributed by atoms with E-state index in [0.717, 1.165) is 4.57 Å². The number of alkyl halides is 3. The van der Waals surface area contributed by atoms with E-state index >= 15 is 0 Å². The smallest absolute Gasteiger partial charge is 0.406 e. The molecule has 0 fully saturated rings. The lowest BCUT2D eigenvalue weighted by Gasteiger charge is -2.12. The lowest BCUT2D eigenvalue weighted by atomic mass is 10.2. The van der Waals surface area contributed by atoms with Gasteiger partial charge in [-0.15, -0.1) is 0 Å². The molecule has 0 amide bonds. The minimum absolute atomic E-state index is 0.0195. The van der Waals surface area contributed by atoms with E-state index in [1.165, 1.54) is 26.0 Å². The first-order valence-electron chi connectivity index (χ1n) is 6.76. The standard InChI is InChI=1S/C15H15F3N2O3/c1-9-6-11(10(2)20(9)8-15(16,17)18)14(22)23-7-13(21)12-4-3-5-19-12/h3-6,19H,7-8H2,1-2H3. The first kappa shape index (κ1) is 16.9. The molecule has 0 aliphatic heterocycles. The van der Waals surface area contributed by atoms with Crippen LogP contribution in [0.1, 0.15) is 32.2 Å². The van der Waals surface area contributed by atoms with Gasteiger partial charge in [0.15, 0.2) is 6.61 Å². The summed E-state index contributed by atoms with van der Waals surface area (Å²) in [4.78, 5) is 26.4. The van der Waals surface area contributed by atoms with Crippen LogP contribution in [0.5, 0.6) is 0 Å². The Hall–Kier alpha value is -2.51. The molecule has 5 nitrogen and oxygen atoms in total. The first-order chi connectivity index (χ1) is 10.7. The van der Waals surface area contributed by atoms with Crippen molar-refractivity contribution in [3.63, 3.8) is 0 Å². The number of esters is 1. The summed E-state index contributed by atoms with van der Waals surface area (Å²) < 4.78 is 43.5. The summed E-state index contributed by atoms with van der Waals surface area (Å²) in [5, 5.41) is 0.